The zero-order valence-corrected chi connectivity index (χ0v) is 11.9. The molecule has 5 atom stereocenters. The van der Waals surface area contributed by atoms with Gasteiger partial charge in [-0.2, -0.15) is 0 Å². The summed E-state index contributed by atoms with van der Waals surface area (Å²) in [6, 6.07) is 0. The van der Waals surface area contributed by atoms with Crippen LogP contribution >= 0.6 is 0 Å². The van der Waals surface area contributed by atoms with Gasteiger partial charge in [0.25, 0.3) is 0 Å². The number of ketones is 1. The second-order valence-corrected chi connectivity index (χ2v) is 7.05. The molecule has 0 heterocycles. The Balaban J connectivity index is 2.40. The first-order chi connectivity index (χ1) is 8.18. The van der Waals surface area contributed by atoms with Crippen molar-refractivity contribution < 1.29 is 15.0 Å². The molecule has 2 aliphatic carbocycles. The average Bonchev–Trinajstić information content (AvgIpc) is 2.25. The van der Waals surface area contributed by atoms with E-state index in [0.717, 1.165) is 19.3 Å². The third-order valence-corrected chi connectivity index (χ3v) is 5.38. The van der Waals surface area contributed by atoms with Crippen LogP contribution in [0, 0.1) is 23.7 Å². The summed E-state index contributed by atoms with van der Waals surface area (Å²) < 4.78 is 0. The van der Waals surface area contributed by atoms with Crippen molar-refractivity contribution in [2.45, 2.75) is 64.6 Å². The van der Waals surface area contributed by atoms with Gasteiger partial charge in [-0.05, 0) is 51.4 Å². The van der Waals surface area contributed by atoms with Crippen LogP contribution in [0.2, 0.25) is 0 Å². The summed E-state index contributed by atoms with van der Waals surface area (Å²) in [5.41, 5.74) is -1.79. The standard InChI is InChI=1S/C15H26O3/c1-9-7-8-15(18)10(2)5-6-11(14(3,4)17)12(15)13(9)16/h9-12,17-18H,5-8H2,1-4H3/t9-,10-,11+,12+,15-/m0/s1. The summed E-state index contributed by atoms with van der Waals surface area (Å²) in [5, 5.41) is 21.3. The number of carbonyl (C=O) groups is 1. The molecule has 3 nitrogen and oxygen atoms in total. The fraction of sp³-hybridized carbons (Fsp3) is 0.933. The molecule has 0 aromatic carbocycles. The lowest BCUT2D eigenvalue weighted by Crippen LogP contribution is -2.61. The molecule has 104 valence electrons. The van der Waals surface area contributed by atoms with Crippen LogP contribution in [-0.2, 0) is 4.79 Å². The van der Waals surface area contributed by atoms with Crippen molar-refractivity contribution in [3.8, 4) is 0 Å². The predicted octanol–water partition coefficient (Wildman–Crippen LogP) is 2.15. The lowest BCUT2D eigenvalue weighted by Gasteiger charge is -2.54. The van der Waals surface area contributed by atoms with E-state index in [0.29, 0.717) is 6.42 Å². The Hall–Kier alpha value is -0.410. The van der Waals surface area contributed by atoms with Gasteiger partial charge in [0, 0.05) is 5.92 Å². The Labute approximate surface area is 110 Å². The molecule has 3 heteroatoms. The van der Waals surface area contributed by atoms with Crippen molar-refractivity contribution in [2.24, 2.45) is 23.7 Å². The normalized spacial score (nSPS) is 45.8. The monoisotopic (exact) mass is 254 g/mol. The molecule has 2 fully saturated rings. The van der Waals surface area contributed by atoms with Crippen molar-refractivity contribution in [3.63, 3.8) is 0 Å². The molecule has 2 rings (SSSR count). The van der Waals surface area contributed by atoms with Crippen LogP contribution in [0.25, 0.3) is 0 Å². The quantitative estimate of drug-likeness (QED) is 0.754. The van der Waals surface area contributed by atoms with Gasteiger partial charge in [-0.25, -0.2) is 0 Å². The second-order valence-electron chi connectivity index (χ2n) is 7.05. The fourth-order valence-electron chi connectivity index (χ4n) is 4.01. The summed E-state index contributed by atoms with van der Waals surface area (Å²) in [7, 11) is 0. The van der Waals surface area contributed by atoms with Crippen LogP contribution in [0.4, 0.5) is 0 Å². The van der Waals surface area contributed by atoms with Gasteiger partial charge >= 0.3 is 0 Å². The number of fused-ring (bicyclic) bond motifs is 1. The fourth-order valence-corrected chi connectivity index (χ4v) is 4.01. The molecule has 18 heavy (non-hydrogen) atoms. The van der Waals surface area contributed by atoms with Crippen molar-refractivity contribution >= 4 is 5.78 Å². The molecule has 0 bridgehead atoms. The summed E-state index contributed by atoms with van der Waals surface area (Å²) in [4.78, 5) is 12.5. The van der Waals surface area contributed by atoms with Crippen LogP contribution in [0.15, 0.2) is 0 Å². The summed E-state index contributed by atoms with van der Waals surface area (Å²) in [6.45, 7) is 7.51. The zero-order valence-electron chi connectivity index (χ0n) is 11.9. The van der Waals surface area contributed by atoms with Crippen molar-refractivity contribution in [3.05, 3.63) is 0 Å². The van der Waals surface area contributed by atoms with Gasteiger partial charge in [0.1, 0.15) is 5.78 Å². The minimum absolute atomic E-state index is 0.0189. The van der Waals surface area contributed by atoms with Gasteiger partial charge in [0.2, 0.25) is 0 Å². The number of Topliss-reactive ketones (excluding diaryl/α,β-unsaturated/α-hetero) is 1. The summed E-state index contributed by atoms with van der Waals surface area (Å²) in [6.07, 6.45) is 3.19. The van der Waals surface area contributed by atoms with E-state index in [1.807, 2.05) is 13.8 Å². The molecule has 0 unspecified atom stereocenters. The van der Waals surface area contributed by atoms with Crippen molar-refractivity contribution in [2.75, 3.05) is 0 Å². The maximum absolute atomic E-state index is 12.5. The molecule has 0 aromatic heterocycles. The van der Waals surface area contributed by atoms with Gasteiger partial charge in [-0.1, -0.05) is 13.8 Å². The number of aliphatic hydroxyl groups is 2. The van der Waals surface area contributed by atoms with Crippen LogP contribution in [-0.4, -0.2) is 27.2 Å². The average molecular weight is 254 g/mol. The zero-order chi connectivity index (χ0) is 13.7. The Morgan fingerprint density at radius 1 is 1.22 bits per heavy atom. The minimum Gasteiger partial charge on any atom is -0.390 e. The first-order valence-corrected chi connectivity index (χ1v) is 7.16. The van der Waals surface area contributed by atoms with E-state index in [2.05, 4.69) is 0 Å². The molecule has 2 aliphatic rings. The molecule has 0 saturated heterocycles. The van der Waals surface area contributed by atoms with Gasteiger partial charge in [0.15, 0.2) is 0 Å². The largest absolute Gasteiger partial charge is 0.390 e. The smallest absolute Gasteiger partial charge is 0.142 e. The first-order valence-electron chi connectivity index (χ1n) is 7.16. The Bertz CT molecular complexity index is 344. The lowest BCUT2D eigenvalue weighted by molar-refractivity contribution is -0.184. The van der Waals surface area contributed by atoms with E-state index in [1.165, 1.54) is 0 Å². The van der Waals surface area contributed by atoms with Crippen LogP contribution in [0.1, 0.15) is 53.4 Å². The van der Waals surface area contributed by atoms with Crippen LogP contribution in [0.3, 0.4) is 0 Å². The van der Waals surface area contributed by atoms with Crippen LogP contribution in [0.5, 0.6) is 0 Å². The number of carbonyl (C=O) groups excluding carboxylic acids is 1. The van der Waals surface area contributed by atoms with Gasteiger partial charge in [-0.15, -0.1) is 0 Å². The van der Waals surface area contributed by atoms with E-state index in [4.69, 9.17) is 0 Å². The molecule has 0 aromatic rings. The van der Waals surface area contributed by atoms with Gasteiger partial charge in [-0.3, -0.25) is 4.79 Å². The van der Waals surface area contributed by atoms with E-state index >= 15 is 0 Å². The molecule has 0 spiro atoms. The van der Waals surface area contributed by atoms with Gasteiger partial charge in [0.05, 0.1) is 17.1 Å². The maximum Gasteiger partial charge on any atom is 0.142 e. The molecule has 0 aliphatic heterocycles. The third-order valence-electron chi connectivity index (χ3n) is 5.38. The Kier molecular flexibility index (Phi) is 3.35. The summed E-state index contributed by atoms with van der Waals surface area (Å²) >= 11 is 0. The predicted molar refractivity (Wildman–Crippen MR) is 70.0 cm³/mol. The van der Waals surface area contributed by atoms with Crippen LogP contribution < -0.4 is 0 Å². The molecular formula is C15H26O3. The lowest BCUT2D eigenvalue weighted by atomic mass is 9.53. The van der Waals surface area contributed by atoms with E-state index in [1.54, 1.807) is 13.8 Å². The third kappa shape index (κ3) is 2.01. The van der Waals surface area contributed by atoms with E-state index in [9.17, 15) is 15.0 Å². The number of rotatable bonds is 1. The molecular weight excluding hydrogens is 228 g/mol. The number of hydrogen-bond donors (Lipinski definition) is 2. The highest BCUT2D eigenvalue weighted by molar-refractivity contribution is 5.85. The highest BCUT2D eigenvalue weighted by Crippen LogP contribution is 2.52. The SMILES string of the molecule is C[C@H]1CC[C@]2(O)[C@@H](C)CC[C@@H](C(C)(C)O)[C@@H]2C1=O. The highest BCUT2D eigenvalue weighted by Gasteiger charge is 2.57. The Morgan fingerprint density at radius 2 is 1.83 bits per heavy atom. The van der Waals surface area contributed by atoms with E-state index < -0.39 is 11.2 Å². The van der Waals surface area contributed by atoms with E-state index in [-0.39, 0.29) is 29.5 Å². The molecule has 2 N–H and O–H groups in total. The summed E-state index contributed by atoms with van der Waals surface area (Å²) in [5.74, 6) is -0.177. The molecule has 0 radical (unpaired) electrons. The first kappa shape index (κ1) is 14.0. The topological polar surface area (TPSA) is 57.5 Å². The van der Waals surface area contributed by atoms with Gasteiger partial charge < -0.3 is 10.2 Å². The Morgan fingerprint density at radius 3 is 2.39 bits per heavy atom. The van der Waals surface area contributed by atoms with Crippen molar-refractivity contribution in [1.29, 1.82) is 0 Å². The second kappa shape index (κ2) is 4.31. The molecule has 2 saturated carbocycles. The number of hydrogen-bond acceptors (Lipinski definition) is 3. The minimum atomic E-state index is -0.897. The van der Waals surface area contributed by atoms with Crippen molar-refractivity contribution in [1.82, 2.24) is 0 Å². The maximum atomic E-state index is 12.5. The highest BCUT2D eigenvalue weighted by atomic mass is 16.3. The molecule has 0 amide bonds.